The van der Waals surface area contributed by atoms with Gasteiger partial charge in [-0.15, -0.1) is 0 Å². The molecular weight excluding hydrogens is 362 g/mol. The van der Waals surface area contributed by atoms with Crippen molar-refractivity contribution >= 4 is 21.6 Å². The van der Waals surface area contributed by atoms with E-state index >= 15 is 0 Å². The van der Waals surface area contributed by atoms with Gasteiger partial charge in [0.05, 0.1) is 23.9 Å². The van der Waals surface area contributed by atoms with Crippen LogP contribution in [0.2, 0.25) is 5.02 Å². The van der Waals surface area contributed by atoms with Crippen molar-refractivity contribution in [1.82, 2.24) is 9.29 Å². The van der Waals surface area contributed by atoms with E-state index in [1.807, 2.05) is 6.07 Å². The van der Waals surface area contributed by atoms with Crippen LogP contribution in [-0.4, -0.2) is 36.9 Å². The molecule has 1 aromatic carbocycles. The minimum atomic E-state index is -3.43. The summed E-state index contributed by atoms with van der Waals surface area (Å²) < 4.78 is 32.3. The number of nitrogens with zero attached hydrogens (tertiary/aromatic N) is 3. The van der Waals surface area contributed by atoms with Gasteiger partial charge in [-0.25, -0.2) is 13.4 Å². The molecule has 1 fully saturated rings. The fourth-order valence-electron chi connectivity index (χ4n) is 2.64. The lowest BCUT2D eigenvalue weighted by Crippen LogP contribution is -2.32. The molecule has 0 amide bonds. The lowest BCUT2D eigenvalue weighted by Gasteiger charge is -2.17. The van der Waals surface area contributed by atoms with Crippen molar-refractivity contribution in [3.05, 3.63) is 58.7 Å². The van der Waals surface area contributed by atoms with Gasteiger partial charge < -0.3 is 4.74 Å². The number of aromatic nitrogens is 1. The molecule has 1 unspecified atom stereocenters. The maximum Gasteiger partial charge on any atom is 0.218 e. The van der Waals surface area contributed by atoms with E-state index < -0.39 is 10.0 Å². The lowest BCUT2D eigenvalue weighted by atomic mass is 10.2. The molecule has 25 heavy (non-hydrogen) atoms. The molecule has 2 aromatic rings. The van der Waals surface area contributed by atoms with Crippen molar-refractivity contribution in [2.75, 3.05) is 13.1 Å². The quantitative estimate of drug-likeness (QED) is 0.799. The van der Waals surface area contributed by atoms with Crippen LogP contribution in [0.4, 0.5) is 0 Å². The standard InChI is InChI=1S/C17H16ClN3O3S/c18-15-3-1-13(2-4-15)12-25(22,23)21-8-6-16(11-21)24-17-9-14(10-19)5-7-20-17/h1-5,7,9,16H,6,8,11-12H2. The molecular formula is C17H16ClN3O3S. The van der Waals surface area contributed by atoms with Crippen LogP contribution in [-0.2, 0) is 15.8 Å². The van der Waals surface area contributed by atoms with Gasteiger partial charge in [-0.1, -0.05) is 23.7 Å². The fraction of sp³-hybridized carbons (Fsp3) is 0.294. The summed E-state index contributed by atoms with van der Waals surface area (Å²) in [5.41, 5.74) is 1.15. The minimum absolute atomic E-state index is 0.0704. The van der Waals surface area contributed by atoms with Crippen molar-refractivity contribution in [2.45, 2.75) is 18.3 Å². The average Bonchev–Trinajstić information content (AvgIpc) is 3.06. The van der Waals surface area contributed by atoms with Crippen LogP contribution in [0, 0.1) is 11.3 Å². The number of pyridine rings is 1. The van der Waals surface area contributed by atoms with Gasteiger partial charge in [-0.2, -0.15) is 9.57 Å². The molecule has 6 nitrogen and oxygen atoms in total. The van der Waals surface area contributed by atoms with E-state index in [1.54, 1.807) is 36.4 Å². The molecule has 130 valence electrons. The Morgan fingerprint density at radius 3 is 2.80 bits per heavy atom. The smallest absolute Gasteiger partial charge is 0.218 e. The molecule has 0 radical (unpaired) electrons. The van der Waals surface area contributed by atoms with Crippen LogP contribution in [0.15, 0.2) is 42.6 Å². The van der Waals surface area contributed by atoms with Gasteiger partial charge >= 0.3 is 0 Å². The fourth-order valence-corrected chi connectivity index (χ4v) is 4.34. The van der Waals surface area contributed by atoms with Crippen LogP contribution < -0.4 is 4.74 Å². The highest BCUT2D eigenvalue weighted by Gasteiger charge is 2.32. The second-order valence-corrected chi connectivity index (χ2v) is 8.17. The first-order chi connectivity index (χ1) is 12.0. The molecule has 0 saturated carbocycles. The monoisotopic (exact) mass is 377 g/mol. The van der Waals surface area contributed by atoms with Crippen molar-refractivity contribution in [2.24, 2.45) is 0 Å². The van der Waals surface area contributed by atoms with Gasteiger partial charge in [-0.3, -0.25) is 0 Å². The second-order valence-electron chi connectivity index (χ2n) is 5.76. The van der Waals surface area contributed by atoms with E-state index in [4.69, 9.17) is 21.6 Å². The van der Waals surface area contributed by atoms with E-state index in [0.29, 0.717) is 35.0 Å². The molecule has 1 saturated heterocycles. The Labute approximate surface area is 151 Å². The molecule has 3 rings (SSSR count). The Morgan fingerprint density at radius 2 is 2.08 bits per heavy atom. The zero-order valence-electron chi connectivity index (χ0n) is 13.3. The van der Waals surface area contributed by atoms with Crippen molar-refractivity contribution < 1.29 is 13.2 Å². The summed E-state index contributed by atoms with van der Waals surface area (Å²) in [4.78, 5) is 4.06. The first kappa shape index (κ1) is 17.7. The summed E-state index contributed by atoms with van der Waals surface area (Å²) in [6.45, 7) is 0.674. The zero-order chi connectivity index (χ0) is 17.9. The maximum atomic E-state index is 12.6. The Kier molecular flexibility index (Phi) is 5.23. The number of rotatable bonds is 5. The van der Waals surface area contributed by atoms with E-state index in [0.717, 1.165) is 0 Å². The number of benzene rings is 1. The van der Waals surface area contributed by atoms with Gasteiger partial charge in [0, 0.05) is 23.8 Å². The van der Waals surface area contributed by atoms with Crippen LogP contribution in [0.25, 0.3) is 0 Å². The van der Waals surface area contributed by atoms with Gasteiger partial charge in [-0.05, 0) is 30.2 Å². The van der Waals surface area contributed by atoms with Crippen LogP contribution >= 0.6 is 11.6 Å². The lowest BCUT2D eigenvalue weighted by molar-refractivity contribution is 0.207. The van der Waals surface area contributed by atoms with Gasteiger partial charge in [0.15, 0.2) is 0 Å². The second kappa shape index (κ2) is 7.40. The number of hydrogen-bond acceptors (Lipinski definition) is 5. The molecule has 0 bridgehead atoms. The largest absolute Gasteiger partial charge is 0.473 e. The van der Waals surface area contributed by atoms with E-state index in [2.05, 4.69) is 4.98 Å². The maximum absolute atomic E-state index is 12.6. The first-order valence-electron chi connectivity index (χ1n) is 7.71. The molecule has 8 heteroatoms. The van der Waals surface area contributed by atoms with Crippen molar-refractivity contribution in [3.63, 3.8) is 0 Å². The molecule has 0 N–H and O–H groups in total. The van der Waals surface area contributed by atoms with Gasteiger partial charge in [0.1, 0.15) is 6.10 Å². The third-order valence-corrected chi connectivity index (χ3v) is 5.98. The third kappa shape index (κ3) is 4.48. The summed E-state index contributed by atoms with van der Waals surface area (Å²) >= 11 is 5.83. The number of nitriles is 1. The van der Waals surface area contributed by atoms with Gasteiger partial charge in [0.2, 0.25) is 15.9 Å². The van der Waals surface area contributed by atoms with Crippen molar-refractivity contribution in [1.29, 1.82) is 5.26 Å². The normalized spacial score (nSPS) is 18.0. The Hall–Kier alpha value is -2.14. The summed E-state index contributed by atoms with van der Waals surface area (Å²) in [6.07, 6.45) is 1.80. The molecule has 0 spiro atoms. The summed E-state index contributed by atoms with van der Waals surface area (Å²) in [6, 6.07) is 11.9. The SMILES string of the molecule is N#Cc1ccnc(OC2CCN(S(=O)(=O)Cc3ccc(Cl)cc3)C2)c1. The molecule has 1 aliphatic rings. The van der Waals surface area contributed by atoms with Crippen molar-refractivity contribution in [3.8, 4) is 11.9 Å². The topological polar surface area (TPSA) is 83.3 Å². The van der Waals surface area contributed by atoms with E-state index in [1.165, 1.54) is 10.5 Å². The third-order valence-electron chi connectivity index (χ3n) is 3.91. The molecule has 1 aliphatic heterocycles. The van der Waals surface area contributed by atoms with E-state index in [9.17, 15) is 8.42 Å². The Morgan fingerprint density at radius 1 is 1.32 bits per heavy atom. The predicted octanol–water partition coefficient (Wildman–Crippen LogP) is 2.59. The number of hydrogen-bond donors (Lipinski definition) is 0. The molecule has 2 heterocycles. The van der Waals surface area contributed by atoms with Gasteiger partial charge in [0.25, 0.3) is 0 Å². The highest BCUT2D eigenvalue weighted by Crippen LogP contribution is 2.22. The van der Waals surface area contributed by atoms with Crippen LogP contribution in [0.1, 0.15) is 17.5 Å². The predicted molar refractivity (Wildman–Crippen MR) is 93.6 cm³/mol. The molecule has 1 aromatic heterocycles. The first-order valence-corrected chi connectivity index (χ1v) is 9.70. The van der Waals surface area contributed by atoms with E-state index in [-0.39, 0.29) is 18.4 Å². The molecule has 1 atom stereocenters. The summed E-state index contributed by atoms with van der Waals surface area (Å²) in [5, 5.41) is 9.47. The summed E-state index contributed by atoms with van der Waals surface area (Å²) in [5.74, 6) is 0.264. The van der Waals surface area contributed by atoms with Crippen LogP contribution in [0.3, 0.4) is 0 Å². The number of ether oxygens (including phenoxy) is 1. The highest BCUT2D eigenvalue weighted by molar-refractivity contribution is 7.88. The number of halogens is 1. The Bertz CT molecular complexity index is 894. The summed E-state index contributed by atoms with van der Waals surface area (Å²) in [7, 11) is -3.43. The zero-order valence-corrected chi connectivity index (χ0v) is 14.9. The molecule has 0 aliphatic carbocycles. The Balaban J connectivity index is 1.63. The number of sulfonamides is 1. The van der Waals surface area contributed by atoms with Crippen LogP contribution in [0.5, 0.6) is 5.88 Å². The average molecular weight is 378 g/mol. The minimum Gasteiger partial charge on any atom is -0.473 e. The highest BCUT2D eigenvalue weighted by atomic mass is 35.5.